The van der Waals surface area contributed by atoms with Crippen molar-refractivity contribution in [3.63, 3.8) is 0 Å². The molecule has 2 aromatic rings. The van der Waals surface area contributed by atoms with E-state index in [1.54, 1.807) is 0 Å². The zero-order valence-corrected chi connectivity index (χ0v) is 11.6. The Morgan fingerprint density at radius 2 is 2.28 bits per heavy atom. The lowest BCUT2D eigenvalue weighted by Crippen LogP contribution is -2.16. The standard InChI is InChI=1S/C13H14ClN3S/c1-2-11-15-13(18-17-11)16-12-9-6-4-3-5-8(9)7-10(12)14/h3-6,10,12H,2,7H2,1H3,(H,15,16,17). The van der Waals surface area contributed by atoms with Gasteiger partial charge in [0.05, 0.1) is 11.4 Å². The summed E-state index contributed by atoms with van der Waals surface area (Å²) in [6.45, 7) is 2.06. The van der Waals surface area contributed by atoms with E-state index in [1.807, 2.05) is 0 Å². The van der Waals surface area contributed by atoms with E-state index in [0.29, 0.717) is 0 Å². The van der Waals surface area contributed by atoms with Gasteiger partial charge in [0.15, 0.2) is 0 Å². The van der Waals surface area contributed by atoms with Gasteiger partial charge in [-0.3, -0.25) is 0 Å². The minimum atomic E-state index is 0.0800. The first kappa shape index (κ1) is 11.9. The van der Waals surface area contributed by atoms with Crippen LogP contribution < -0.4 is 5.32 Å². The highest BCUT2D eigenvalue weighted by Gasteiger charge is 2.31. The van der Waals surface area contributed by atoms with Crippen LogP contribution in [0.25, 0.3) is 0 Å². The maximum absolute atomic E-state index is 6.43. The molecule has 0 saturated carbocycles. The number of rotatable bonds is 3. The predicted octanol–water partition coefficient (Wildman–Crippen LogP) is 3.42. The fourth-order valence-corrected chi connectivity index (χ4v) is 3.36. The van der Waals surface area contributed by atoms with Crippen molar-refractivity contribution < 1.29 is 0 Å². The van der Waals surface area contributed by atoms with Crippen molar-refractivity contribution >= 4 is 28.3 Å². The highest BCUT2D eigenvalue weighted by atomic mass is 35.5. The fraction of sp³-hybridized carbons (Fsp3) is 0.385. The van der Waals surface area contributed by atoms with E-state index in [-0.39, 0.29) is 11.4 Å². The fourth-order valence-electron chi connectivity index (χ4n) is 2.30. The van der Waals surface area contributed by atoms with E-state index >= 15 is 0 Å². The molecule has 5 heteroatoms. The van der Waals surface area contributed by atoms with Gasteiger partial charge in [-0.15, -0.1) is 11.6 Å². The molecule has 1 aliphatic rings. The number of nitrogens with one attached hydrogen (secondary N) is 1. The van der Waals surface area contributed by atoms with Crippen LogP contribution in [0.2, 0.25) is 0 Å². The molecule has 2 atom stereocenters. The Balaban J connectivity index is 1.84. The molecule has 1 aliphatic carbocycles. The number of nitrogens with zero attached hydrogens (tertiary/aromatic N) is 2. The summed E-state index contributed by atoms with van der Waals surface area (Å²) in [6, 6.07) is 8.53. The first-order valence-corrected chi connectivity index (χ1v) is 7.30. The van der Waals surface area contributed by atoms with Gasteiger partial charge in [0, 0.05) is 18.0 Å². The van der Waals surface area contributed by atoms with Crippen molar-refractivity contribution in [2.24, 2.45) is 0 Å². The van der Waals surface area contributed by atoms with Gasteiger partial charge in [-0.2, -0.15) is 4.37 Å². The van der Waals surface area contributed by atoms with Gasteiger partial charge >= 0.3 is 0 Å². The first-order valence-electron chi connectivity index (χ1n) is 6.09. The molecule has 1 heterocycles. The van der Waals surface area contributed by atoms with E-state index in [9.17, 15) is 0 Å². The second-order valence-electron chi connectivity index (χ2n) is 4.41. The Morgan fingerprint density at radius 3 is 3.06 bits per heavy atom. The number of aryl methyl sites for hydroxylation is 1. The number of aromatic nitrogens is 2. The highest BCUT2D eigenvalue weighted by molar-refractivity contribution is 7.09. The van der Waals surface area contributed by atoms with Crippen molar-refractivity contribution in [3.8, 4) is 0 Å². The molecule has 2 unspecified atom stereocenters. The molecular formula is C13H14ClN3S. The monoisotopic (exact) mass is 279 g/mol. The average molecular weight is 280 g/mol. The minimum Gasteiger partial charge on any atom is -0.352 e. The third-order valence-electron chi connectivity index (χ3n) is 3.23. The van der Waals surface area contributed by atoms with Gasteiger partial charge in [0.25, 0.3) is 0 Å². The molecule has 1 aromatic carbocycles. The molecule has 0 radical (unpaired) electrons. The summed E-state index contributed by atoms with van der Waals surface area (Å²) in [7, 11) is 0. The maximum Gasteiger partial charge on any atom is 0.203 e. The molecule has 0 saturated heterocycles. The summed E-state index contributed by atoms with van der Waals surface area (Å²) in [6.07, 6.45) is 1.78. The van der Waals surface area contributed by atoms with Gasteiger partial charge in [0.2, 0.25) is 5.13 Å². The summed E-state index contributed by atoms with van der Waals surface area (Å²) in [5, 5.41) is 4.35. The zero-order chi connectivity index (χ0) is 12.5. The Bertz CT molecular complexity index is 555. The van der Waals surface area contributed by atoms with Crippen LogP contribution in [0.15, 0.2) is 24.3 Å². The molecule has 0 aliphatic heterocycles. The van der Waals surface area contributed by atoms with Crippen LogP contribution in [0.3, 0.4) is 0 Å². The van der Waals surface area contributed by atoms with E-state index in [2.05, 4.69) is 45.9 Å². The number of alkyl halides is 1. The number of hydrogen-bond acceptors (Lipinski definition) is 4. The van der Waals surface area contributed by atoms with Crippen LogP contribution in [0.1, 0.15) is 29.9 Å². The topological polar surface area (TPSA) is 37.8 Å². The third-order valence-corrected chi connectivity index (χ3v) is 4.32. The second kappa shape index (κ2) is 4.86. The summed E-state index contributed by atoms with van der Waals surface area (Å²) < 4.78 is 4.28. The first-order chi connectivity index (χ1) is 8.78. The quantitative estimate of drug-likeness (QED) is 0.875. The van der Waals surface area contributed by atoms with Gasteiger partial charge in [0.1, 0.15) is 5.82 Å². The normalized spacial score (nSPS) is 21.9. The molecule has 18 heavy (non-hydrogen) atoms. The van der Waals surface area contributed by atoms with Crippen molar-refractivity contribution in [1.29, 1.82) is 0 Å². The van der Waals surface area contributed by atoms with Crippen molar-refractivity contribution in [1.82, 2.24) is 9.36 Å². The smallest absolute Gasteiger partial charge is 0.203 e. The lowest BCUT2D eigenvalue weighted by molar-refractivity contribution is 0.769. The molecule has 0 amide bonds. The lowest BCUT2D eigenvalue weighted by atomic mass is 10.1. The molecule has 3 rings (SSSR count). The van der Waals surface area contributed by atoms with E-state index in [4.69, 9.17) is 11.6 Å². The Kier molecular flexibility index (Phi) is 3.22. The summed E-state index contributed by atoms with van der Waals surface area (Å²) >= 11 is 7.83. The maximum atomic E-state index is 6.43. The van der Waals surface area contributed by atoms with Gasteiger partial charge in [-0.05, 0) is 17.5 Å². The zero-order valence-electron chi connectivity index (χ0n) is 10.1. The molecule has 1 aromatic heterocycles. The SMILES string of the molecule is CCc1nsc(NC2c3ccccc3CC2Cl)n1. The Hall–Kier alpha value is -1.13. The van der Waals surface area contributed by atoms with Crippen LogP contribution >= 0.6 is 23.1 Å². The van der Waals surface area contributed by atoms with Crippen LogP contribution in [-0.2, 0) is 12.8 Å². The van der Waals surface area contributed by atoms with Crippen molar-refractivity contribution in [3.05, 3.63) is 41.2 Å². The van der Waals surface area contributed by atoms with Gasteiger partial charge in [-0.1, -0.05) is 31.2 Å². The van der Waals surface area contributed by atoms with Crippen LogP contribution in [0, 0.1) is 0 Å². The second-order valence-corrected chi connectivity index (χ2v) is 5.72. The van der Waals surface area contributed by atoms with E-state index in [1.165, 1.54) is 22.7 Å². The van der Waals surface area contributed by atoms with Gasteiger partial charge in [-0.25, -0.2) is 4.98 Å². The molecule has 0 bridgehead atoms. The van der Waals surface area contributed by atoms with Crippen LogP contribution in [0.5, 0.6) is 0 Å². The molecule has 94 valence electrons. The van der Waals surface area contributed by atoms with Crippen molar-refractivity contribution in [2.75, 3.05) is 5.32 Å². The number of anilines is 1. The number of benzene rings is 1. The summed E-state index contributed by atoms with van der Waals surface area (Å²) in [5.74, 6) is 0.889. The van der Waals surface area contributed by atoms with E-state index in [0.717, 1.165) is 23.8 Å². The predicted molar refractivity (Wildman–Crippen MR) is 75.4 cm³/mol. The molecule has 0 fully saturated rings. The lowest BCUT2D eigenvalue weighted by Gasteiger charge is -2.16. The molecule has 0 spiro atoms. The highest BCUT2D eigenvalue weighted by Crippen LogP contribution is 2.37. The number of halogens is 1. The van der Waals surface area contributed by atoms with Crippen LogP contribution in [-0.4, -0.2) is 14.7 Å². The molecule has 1 N–H and O–H groups in total. The average Bonchev–Trinajstić information content (AvgIpc) is 2.96. The Labute approximate surface area is 115 Å². The van der Waals surface area contributed by atoms with Crippen molar-refractivity contribution in [2.45, 2.75) is 31.2 Å². The van der Waals surface area contributed by atoms with E-state index < -0.39 is 0 Å². The number of fused-ring (bicyclic) bond motifs is 1. The summed E-state index contributed by atoms with van der Waals surface area (Å²) in [4.78, 5) is 4.44. The largest absolute Gasteiger partial charge is 0.352 e. The van der Waals surface area contributed by atoms with Gasteiger partial charge < -0.3 is 5.32 Å². The van der Waals surface area contributed by atoms with Crippen LogP contribution in [0.4, 0.5) is 5.13 Å². The number of hydrogen-bond donors (Lipinski definition) is 1. The summed E-state index contributed by atoms with van der Waals surface area (Å²) in [5.41, 5.74) is 2.61. The molecular weight excluding hydrogens is 266 g/mol. The Morgan fingerprint density at radius 1 is 1.44 bits per heavy atom. The third kappa shape index (κ3) is 2.10. The molecule has 3 nitrogen and oxygen atoms in total. The minimum absolute atomic E-state index is 0.0800.